The number of hydrogen-bond donors (Lipinski definition) is 2. The van der Waals surface area contributed by atoms with E-state index in [9.17, 15) is 9.59 Å². The minimum Gasteiger partial charge on any atom is -0.481 e. The van der Waals surface area contributed by atoms with E-state index < -0.39 is 11.9 Å². The highest BCUT2D eigenvalue weighted by Gasteiger charge is 2.11. The third-order valence-corrected chi connectivity index (χ3v) is 6.50. The minimum atomic E-state index is -0.789. The number of thioether (sulfide) groups is 1. The van der Waals surface area contributed by atoms with Crippen molar-refractivity contribution < 1.29 is 19.8 Å². The quantitative estimate of drug-likeness (QED) is 0.232. The summed E-state index contributed by atoms with van der Waals surface area (Å²) in [6.45, 7) is 0. The Morgan fingerprint density at radius 2 is 1.32 bits per heavy atom. The van der Waals surface area contributed by atoms with Gasteiger partial charge in [-0.3, -0.25) is 9.59 Å². The Morgan fingerprint density at radius 1 is 0.677 bits per heavy atom. The van der Waals surface area contributed by atoms with Gasteiger partial charge in [0, 0.05) is 17.1 Å². The van der Waals surface area contributed by atoms with Crippen LogP contribution in [0.3, 0.4) is 0 Å². The van der Waals surface area contributed by atoms with Gasteiger partial charge >= 0.3 is 11.9 Å². The van der Waals surface area contributed by atoms with Crippen LogP contribution in [0.4, 0.5) is 0 Å². The molecule has 2 aromatic rings. The molecule has 0 unspecified atom stereocenters. The molecule has 0 aliphatic carbocycles. The van der Waals surface area contributed by atoms with Crippen molar-refractivity contribution in [3.63, 3.8) is 0 Å². The first-order valence-corrected chi connectivity index (χ1v) is 12.3. The molecule has 0 aromatic heterocycles. The summed E-state index contributed by atoms with van der Waals surface area (Å²) in [5, 5.41) is 18.0. The summed E-state index contributed by atoms with van der Waals surface area (Å²) in [6, 6.07) is 16.6. The number of hydrogen-bond acceptors (Lipinski definition) is 3. The Hall–Kier alpha value is -2.27. The van der Waals surface area contributed by atoms with E-state index >= 15 is 0 Å². The SMILES string of the molecule is O=C(O)CCSc1cccc(CCC(=O)O)c1CCCCCCCCc1ccccc1. The maximum atomic E-state index is 11.0. The second-order valence-corrected chi connectivity index (χ2v) is 9.02. The first kappa shape index (κ1) is 25.0. The monoisotopic (exact) mass is 442 g/mol. The van der Waals surface area contributed by atoms with Crippen LogP contribution in [-0.2, 0) is 28.9 Å². The van der Waals surface area contributed by atoms with Gasteiger partial charge in [0.05, 0.1) is 6.42 Å². The second-order valence-electron chi connectivity index (χ2n) is 7.89. The molecule has 0 aliphatic heterocycles. The van der Waals surface area contributed by atoms with Crippen molar-refractivity contribution >= 4 is 23.7 Å². The Labute approximate surface area is 190 Å². The summed E-state index contributed by atoms with van der Waals surface area (Å²) in [5.74, 6) is -1.04. The number of rotatable bonds is 16. The van der Waals surface area contributed by atoms with E-state index in [0.717, 1.165) is 36.1 Å². The van der Waals surface area contributed by atoms with Gasteiger partial charge in [-0.05, 0) is 54.9 Å². The molecule has 0 bridgehead atoms. The smallest absolute Gasteiger partial charge is 0.304 e. The van der Waals surface area contributed by atoms with Gasteiger partial charge in [0.1, 0.15) is 0 Å². The number of carboxylic acids is 2. The predicted octanol–water partition coefficient (Wildman–Crippen LogP) is 6.40. The standard InChI is InChI=1S/C26H34O4S/c27-25(28)18-17-22-14-10-16-24(31-20-19-26(29)30)23(22)15-9-4-2-1-3-6-11-21-12-7-5-8-13-21/h5,7-8,10,12-14,16H,1-4,6,9,11,15,17-20H2,(H,27,28)(H,29,30). The highest BCUT2D eigenvalue weighted by atomic mass is 32.2. The van der Waals surface area contributed by atoms with Gasteiger partial charge < -0.3 is 10.2 Å². The molecule has 0 spiro atoms. The lowest BCUT2D eigenvalue weighted by Crippen LogP contribution is -2.03. The number of carbonyl (C=O) groups is 2. The van der Waals surface area contributed by atoms with Gasteiger partial charge in [-0.2, -0.15) is 0 Å². The molecule has 5 heteroatoms. The summed E-state index contributed by atoms with van der Waals surface area (Å²) in [5.41, 5.74) is 3.71. The predicted molar refractivity (Wildman–Crippen MR) is 127 cm³/mol. The van der Waals surface area contributed by atoms with Crippen molar-refractivity contribution in [1.29, 1.82) is 0 Å². The van der Waals surface area contributed by atoms with Gasteiger partial charge in [-0.1, -0.05) is 68.1 Å². The molecular weight excluding hydrogens is 408 g/mol. The van der Waals surface area contributed by atoms with Crippen LogP contribution in [0.2, 0.25) is 0 Å². The topological polar surface area (TPSA) is 74.6 Å². The molecule has 0 atom stereocenters. The minimum absolute atomic E-state index is 0.123. The van der Waals surface area contributed by atoms with Crippen LogP contribution in [0.5, 0.6) is 0 Å². The van der Waals surface area contributed by atoms with Crippen LogP contribution in [0, 0.1) is 0 Å². The molecule has 0 fully saturated rings. The summed E-state index contributed by atoms with van der Waals surface area (Å²) >= 11 is 1.57. The van der Waals surface area contributed by atoms with E-state index in [1.165, 1.54) is 36.8 Å². The fourth-order valence-corrected chi connectivity index (χ4v) is 4.82. The fraction of sp³-hybridized carbons (Fsp3) is 0.462. The average Bonchev–Trinajstić information content (AvgIpc) is 2.75. The molecule has 0 saturated heterocycles. The first-order chi connectivity index (χ1) is 15.1. The molecular formula is C26H34O4S. The molecule has 0 saturated carbocycles. The van der Waals surface area contributed by atoms with Crippen molar-refractivity contribution in [3.8, 4) is 0 Å². The van der Waals surface area contributed by atoms with E-state index in [1.54, 1.807) is 11.8 Å². The highest BCUT2D eigenvalue weighted by Crippen LogP contribution is 2.29. The molecule has 31 heavy (non-hydrogen) atoms. The van der Waals surface area contributed by atoms with Crippen LogP contribution in [0.1, 0.15) is 68.1 Å². The van der Waals surface area contributed by atoms with Gasteiger partial charge in [-0.25, -0.2) is 0 Å². The molecule has 0 heterocycles. The van der Waals surface area contributed by atoms with E-state index in [1.807, 2.05) is 18.2 Å². The van der Waals surface area contributed by atoms with Gasteiger partial charge in [-0.15, -0.1) is 11.8 Å². The summed E-state index contributed by atoms with van der Waals surface area (Å²) in [6.07, 6.45) is 10.0. The Kier molecular flexibility index (Phi) is 11.8. The lowest BCUT2D eigenvalue weighted by molar-refractivity contribution is -0.137. The first-order valence-electron chi connectivity index (χ1n) is 11.3. The molecule has 0 aliphatic rings. The van der Waals surface area contributed by atoms with Gasteiger partial charge in [0.25, 0.3) is 0 Å². The van der Waals surface area contributed by atoms with Crippen molar-refractivity contribution in [2.75, 3.05) is 5.75 Å². The molecule has 2 N–H and O–H groups in total. The van der Waals surface area contributed by atoms with Crippen LogP contribution in [-0.4, -0.2) is 27.9 Å². The summed E-state index contributed by atoms with van der Waals surface area (Å²) in [7, 11) is 0. The Balaban J connectivity index is 1.77. The van der Waals surface area contributed by atoms with Crippen molar-refractivity contribution in [3.05, 3.63) is 65.2 Å². The van der Waals surface area contributed by atoms with E-state index in [2.05, 4.69) is 30.3 Å². The van der Waals surface area contributed by atoms with Crippen LogP contribution >= 0.6 is 11.8 Å². The third kappa shape index (κ3) is 10.5. The number of benzene rings is 2. The molecule has 0 amide bonds. The number of unbranched alkanes of at least 4 members (excludes halogenated alkanes) is 5. The van der Waals surface area contributed by atoms with Crippen molar-refractivity contribution in [2.24, 2.45) is 0 Å². The Bertz CT molecular complexity index is 804. The zero-order valence-corrected chi connectivity index (χ0v) is 19.0. The molecule has 2 aromatic carbocycles. The highest BCUT2D eigenvalue weighted by molar-refractivity contribution is 7.99. The second kappa shape index (κ2) is 14.7. The fourth-order valence-electron chi connectivity index (χ4n) is 3.74. The van der Waals surface area contributed by atoms with Crippen LogP contribution in [0.15, 0.2) is 53.4 Å². The van der Waals surface area contributed by atoms with Crippen LogP contribution < -0.4 is 0 Å². The number of aliphatic carboxylic acids is 2. The molecule has 2 rings (SSSR count). The van der Waals surface area contributed by atoms with Crippen molar-refractivity contribution in [2.45, 2.75) is 75.5 Å². The third-order valence-electron chi connectivity index (χ3n) is 5.40. The largest absolute Gasteiger partial charge is 0.481 e. The number of carboxylic acid groups (broad SMARTS) is 2. The zero-order valence-electron chi connectivity index (χ0n) is 18.2. The maximum absolute atomic E-state index is 11.0. The van der Waals surface area contributed by atoms with Gasteiger partial charge in [0.2, 0.25) is 0 Å². The maximum Gasteiger partial charge on any atom is 0.304 e. The number of aryl methyl sites for hydroxylation is 2. The average molecular weight is 443 g/mol. The van der Waals surface area contributed by atoms with Gasteiger partial charge in [0.15, 0.2) is 0 Å². The van der Waals surface area contributed by atoms with E-state index in [4.69, 9.17) is 10.2 Å². The molecule has 0 radical (unpaired) electrons. The normalized spacial score (nSPS) is 10.8. The van der Waals surface area contributed by atoms with E-state index in [0.29, 0.717) is 12.2 Å². The van der Waals surface area contributed by atoms with E-state index in [-0.39, 0.29) is 12.8 Å². The lowest BCUT2D eigenvalue weighted by atomic mass is 9.97. The van der Waals surface area contributed by atoms with Crippen molar-refractivity contribution in [1.82, 2.24) is 0 Å². The summed E-state index contributed by atoms with van der Waals surface area (Å²) < 4.78 is 0. The lowest BCUT2D eigenvalue weighted by Gasteiger charge is -2.14. The molecule has 168 valence electrons. The summed E-state index contributed by atoms with van der Waals surface area (Å²) in [4.78, 5) is 23.0. The van der Waals surface area contributed by atoms with Crippen LogP contribution in [0.25, 0.3) is 0 Å². The molecule has 4 nitrogen and oxygen atoms in total. The Morgan fingerprint density at radius 3 is 2.00 bits per heavy atom. The zero-order chi connectivity index (χ0) is 22.3.